The van der Waals surface area contributed by atoms with Crippen molar-refractivity contribution in [2.24, 2.45) is 4.99 Å². The van der Waals surface area contributed by atoms with E-state index in [0.29, 0.717) is 32.9 Å². The highest BCUT2D eigenvalue weighted by Gasteiger charge is 2.09. The van der Waals surface area contributed by atoms with E-state index in [1.165, 1.54) is 0 Å². The Hall–Kier alpha value is -1.63. The molecule has 0 amide bonds. The van der Waals surface area contributed by atoms with E-state index >= 15 is 0 Å². The van der Waals surface area contributed by atoms with Gasteiger partial charge in [-0.15, -0.1) is 0 Å². The van der Waals surface area contributed by atoms with Gasteiger partial charge in [0.05, 0.1) is 26.4 Å². The number of hydrogen-bond donors (Lipinski definition) is 2. The maximum absolute atomic E-state index is 5.56. The largest absolute Gasteiger partial charge is 0.379 e. The second kappa shape index (κ2) is 15.6. The van der Waals surface area contributed by atoms with E-state index in [1.54, 1.807) is 7.11 Å². The lowest BCUT2D eigenvalue weighted by Gasteiger charge is -2.16. The van der Waals surface area contributed by atoms with E-state index in [9.17, 15) is 0 Å². The monoisotopic (exact) mass is 365 g/mol. The Morgan fingerprint density at radius 3 is 2.38 bits per heavy atom. The molecule has 0 aliphatic rings. The van der Waals surface area contributed by atoms with Gasteiger partial charge in [0.15, 0.2) is 5.96 Å². The quantitative estimate of drug-likeness (QED) is 0.301. The summed E-state index contributed by atoms with van der Waals surface area (Å²) < 4.78 is 16.6. The molecule has 1 aromatic rings. The summed E-state index contributed by atoms with van der Waals surface area (Å²) in [6.07, 6.45) is 2.21. The topological polar surface area (TPSA) is 64.1 Å². The fourth-order valence-corrected chi connectivity index (χ4v) is 2.31. The van der Waals surface area contributed by atoms with Crippen molar-refractivity contribution in [3.8, 4) is 0 Å². The Balaban J connectivity index is 2.28. The third kappa shape index (κ3) is 10.4. The first-order valence-corrected chi connectivity index (χ1v) is 9.57. The smallest absolute Gasteiger partial charge is 0.191 e. The van der Waals surface area contributed by atoms with Crippen LogP contribution in [-0.2, 0) is 14.2 Å². The van der Waals surface area contributed by atoms with Crippen LogP contribution in [-0.4, -0.2) is 59.1 Å². The molecule has 6 nitrogen and oxygen atoms in total. The average molecular weight is 366 g/mol. The van der Waals surface area contributed by atoms with Crippen molar-refractivity contribution < 1.29 is 14.2 Å². The summed E-state index contributed by atoms with van der Waals surface area (Å²) in [5.41, 5.74) is 1.13. The number of rotatable bonds is 14. The van der Waals surface area contributed by atoms with Crippen molar-refractivity contribution in [3.05, 3.63) is 35.9 Å². The zero-order valence-corrected chi connectivity index (χ0v) is 16.5. The summed E-state index contributed by atoms with van der Waals surface area (Å²) in [4.78, 5) is 4.62. The van der Waals surface area contributed by atoms with Crippen LogP contribution in [0.15, 0.2) is 35.3 Å². The minimum absolute atomic E-state index is 0.0526. The molecule has 6 heteroatoms. The predicted octanol–water partition coefficient (Wildman–Crippen LogP) is 2.76. The Bertz CT molecular complexity index is 469. The number of guanidine groups is 1. The molecule has 0 bridgehead atoms. The lowest BCUT2D eigenvalue weighted by atomic mass is 10.1. The standard InChI is InChI=1S/C20H35N3O3/c1-4-6-13-25-15-16-26-14-12-22-20(21-5-2)23-17-19(24-3)18-10-8-7-9-11-18/h7-11,19H,4-6,12-17H2,1-3H3,(H2,21,22,23). The first-order valence-electron chi connectivity index (χ1n) is 9.57. The van der Waals surface area contributed by atoms with E-state index < -0.39 is 0 Å². The van der Waals surface area contributed by atoms with Crippen LogP contribution in [0.25, 0.3) is 0 Å². The minimum atomic E-state index is -0.0526. The predicted molar refractivity (Wildman–Crippen MR) is 107 cm³/mol. The number of nitrogens with one attached hydrogen (secondary N) is 2. The van der Waals surface area contributed by atoms with Gasteiger partial charge in [-0.2, -0.15) is 0 Å². The van der Waals surface area contributed by atoms with Crippen LogP contribution in [0.4, 0.5) is 0 Å². The summed E-state index contributed by atoms with van der Waals surface area (Å²) >= 11 is 0. The van der Waals surface area contributed by atoms with Crippen molar-refractivity contribution in [1.82, 2.24) is 10.6 Å². The molecule has 1 atom stereocenters. The van der Waals surface area contributed by atoms with Crippen molar-refractivity contribution >= 4 is 5.96 Å². The zero-order valence-electron chi connectivity index (χ0n) is 16.5. The molecular weight excluding hydrogens is 330 g/mol. The van der Waals surface area contributed by atoms with Crippen LogP contribution < -0.4 is 10.6 Å². The molecular formula is C20H35N3O3. The molecule has 26 heavy (non-hydrogen) atoms. The first kappa shape index (κ1) is 22.4. The molecule has 2 N–H and O–H groups in total. The van der Waals surface area contributed by atoms with E-state index in [1.807, 2.05) is 25.1 Å². The van der Waals surface area contributed by atoms with Crippen molar-refractivity contribution in [2.45, 2.75) is 32.8 Å². The Morgan fingerprint density at radius 2 is 1.73 bits per heavy atom. The molecule has 1 aromatic carbocycles. The summed E-state index contributed by atoms with van der Waals surface area (Å²) in [7, 11) is 1.71. The highest BCUT2D eigenvalue weighted by atomic mass is 16.5. The van der Waals surface area contributed by atoms with Gasteiger partial charge >= 0.3 is 0 Å². The van der Waals surface area contributed by atoms with Crippen molar-refractivity contribution in [2.75, 3.05) is 53.2 Å². The Labute approximate surface area is 158 Å². The molecule has 148 valence electrons. The fraction of sp³-hybridized carbons (Fsp3) is 0.650. The second-order valence-corrected chi connectivity index (χ2v) is 5.86. The van der Waals surface area contributed by atoms with Gasteiger partial charge in [0, 0.05) is 26.8 Å². The molecule has 1 unspecified atom stereocenters. The molecule has 0 fully saturated rings. The first-order chi connectivity index (χ1) is 12.8. The summed E-state index contributed by atoms with van der Waals surface area (Å²) in [5, 5.41) is 6.52. The lowest BCUT2D eigenvalue weighted by molar-refractivity contribution is 0.0487. The van der Waals surface area contributed by atoms with E-state index in [-0.39, 0.29) is 6.10 Å². The third-order valence-electron chi connectivity index (χ3n) is 3.77. The van der Waals surface area contributed by atoms with E-state index in [0.717, 1.165) is 37.5 Å². The van der Waals surface area contributed by atoms with Gasteiger partial charge in [0.1, 0.15) is 6.10 Å². The highest BCUT2D eigenvalue weighted by Crippen LogP contribution is 2.16. The summed E-state index contributed by atoms with van der Waals surface area (Å²) in [5.74, 6) is 0.772. The fourth-order valence-electron chi connectivity index (χ4n) is 2.31. The lowest BCUT2D eigenvalue weighted by Crippen LogP contribution is -2.39. The van der Waals surface area contributed by atoms with Crippen molar-refractivity contribution in [1.29, 1.82) is 0 Å². The van der Waals surface area contributed by atoms with Gasteiger partial charge in [0.2, 0.25) is 0 Å². The number of ether oxygens (including phenoxy) is 3. The van der Waals surface area contributed by atoms with Gasteiger partial charge in [-0.1, -0.05) is 43.7 Å². The molecule has 0 aromatic heterocycles. The molecule has 0 heterocycles. The summed E-state index contributed by atoms with van der Waals surface area (Å²) in [6.45, 7) is 8.98. The number of nitrogens with zero attached hydrogens (tertiary/aromatic N) is 1. The van der Waals surface area contributed by atoms with Crippen LogP contribution >= 0.6 is 0 Å². The molecule has 0 saturated carbocycles. The molecule has 0 spiro atoms. The number of hydrogen-bond acceptors (Lipinski definition) is 4. The number of benzene rings is 1. The van der Waals surface area contributed by atoms with Crippen molar-refractivity contribution in [3.63, 3.8) is 0 Å². The van der Waals surface area contributed by atoms with Gasteiger partial charge < -0.3 is 24.8 Å². The van der Waals surface area contributed by atoms with E-state index in [2.05, 4.69) is 34.7 Å². The van der Waals surface area contributed by atoms with Gasteiger partial charge in [-0.25, -0.2) is 0 Å². The van der Waals surface area contributed by atoms with Crippen LogP contribution in [0.3, 0.4) is 0 Å². The zero-order chi connectivity index (χ0) is 18.9. The number of methoxy groups -OCH3 is 1. The molecule has 0 aliphatic carbocycles. The Morgan fingerprint density at radius 1 is 1.00 bits per heavy atom. The second-order valence-electron chi connectivity index (χ2n) is 5.86. The van der Waals surface area contributed by atoms with Gasteiger partial charge in [0.25, 0.3) is 0 Å². The molecule has 0 saturated heterocycles. The van der Waals surface area contributed by atoms with Gasteiger partial charge in [-0.3, -0.25) is 4.99 Å². The minimum Gasteiger partial charge on any atom is -0.379 e. The molecule has 1 rings (SSSR count). The normalized spacial score (nSPS) is 12.8. The summed E-state index contributed by atoms with van der Waals surface area (Å²) in [6, 6.07) is 10.1. The van der Waals surface area contributed by atoms with Crippen LogP contribution in [0.2, 0.25) is 0 Å². The Kier molecular flexibility index (Phi) is 13.5. The number of unbranched alkanes of at least 4 members (excludes halogenated alkanes) is 1. The van der Waals surface area contributed by atoms with E-state index in [4.69, 9.17) is 14.2 Å². The molecule has 0 aliphatic heterocycles. The van der Waals surface area contributed by atoms with Crippen LogP contribution in [0, 0.1) is 0 Å². The maximum atomic E-state index is 5.56. The van der Waals surface area contributed by atoms with Crippen LogP contribution in [0.1, 0.15) is 38.4 Å². The number of aliphatic imine (C=N–C) groups is 1. The highest BCUT2D eigenvalue weighted by molar-refractivity contribution is 5.79. The molecule has 0 radical (unpaired) electrons. The maximum Gasteiger partial charge on any atom is 0.191 e. The average Bonchev–Trinajstić information content (AvgIpc) is 2.68. The van der Waals surface area contributed by atoms with Crippen LogP contribution in [0.5, 0.6) is 0 Å². The third-order valence-corrected chi connectivity index (χ3v) is 3.77. The SMILES string of the molecule is CCCCOCCOCCNC(=NCC(OC)c1ccccc1)NCC. The van der Waals surface area contributed by atoms with Gasteiger partial charge in [-0.05, 0) is 18.9 Å².